The Morgan fingerprint density at radius 3 is 3.00 bits per heavy atom. The maximum absolute atomic E-state index is 11.3. The topological polar surface area (TPSA) is 58.2 Å². The molecule has 3 rings (SSSR count). The number of H-pyrrole nitrogens is 1. The molecular formula is C10H9N3O2. The Morgan fingerprint density at radius 1 is 1.40 bits per heavy atom. The van der Waals surface area contributed by atoms with Gasteiger partial charge in [0.2, 0.25) is 5.95 Å². The molecule has 1 aromatic carbocycles. The summed E-state index contributed by atoms with van der Waals surface area (Å²) in [7, 11) is 0. The number of anilines is 1. The molecule has 2 aromatic rings. The number of benzene rings is 1. The van der Waals surface area contributed by atoms with Crippen molar-refractivity contribution in [3.63, 3.8) is 0 Å². The Balaban J connectivity index is 2.08. The van der Waals surface area contributed by atoms with Crippen molar-refractivity contribution in [2.45, 2.75) is 0 Å². The van der Waals surface area contributed by atoms with Gasteiger partial charge in [0.05, 0.1) is 17.6 Å². The van der Waals surface area contributed by atoms with Gasteiger partial charge in [-0.05, 0) is 12.1 Å². The largest absolute Gasteiger partial charge is 0.447 e. The Bertz CT molecular complexity index is 487. The second-order valence-corrected chi connectivity index (χ2v) is 3.34. The number of rotatable bonds is 1. The molecule has 0 unspecified atom stereocenters. The molecule has 1 saturated heterocycles. The summed E-state index contributed by atoms with van der Waals surface area (Å²) in [5, 5.41) is 0. The average molecular weight is 203 g/mol. The molecule has 2 heterocycles. The van der Waals surface area contributed by atoms with Gasteiger partial charge in [-0.15, -0.1) is 0 Å². The third kappa shape index (κ3) is 1.24. The molecule has 1 aromatic heterocycles. The van der Waals surface area contributed by atoms with Crippen molar-refractivity contribution in [1.29, 1.82) is 0 Å². The molecule has 1 aliphatic heterocycles. The van der Waals surface area contributed by atoms with Crippen LogP contribution in [0.3, 0.4) is 0 Å². The van der Waals surface area contributed by atoms with Crippen LogP contribution in [0.5, 0.6) is 0 Å². The van der Waals surface area contributed by atoms with Gasteiger partial charge < -0.3 is 9.72 Å². The summed E-state index contributed by atoms with van der Waals surface area (Å²) in [6.07, 6.45) is -0.339. The molecule has 0 saturated carbocycles. The van der Waals surface area contributed by atoms with Crippen molar-refractivity contribution < 1.29 is 9.53 Å². The van der Waals surface area contributed by atoms with Crippen molar-refractivity contribution in [3.8, 4) is 0 Å². The van der Waals surface area contributed by atoms with Crippen LogP contribution in [0.15, 0.2) is 24.3 Å². The molecular weight excluding hydrogens is 194 g/mol. The van der Waals surface area contributed by atoms with Crippen LogP contribution in [0.1, 0.15) is 0 Å². The molecule has 0 aliphatic carbocycles. The van der Waals surface area contributed by atoms with Crippen LogP contribution in [-0.2, 0) is 4.74 Å². The van der Waals surface area contributed by atoms with Crippen LogP contribution >= 0.6 is 0 Å². The number of nitrogens with zero attached hydrogens (tertiary/aromatic N) is 2. The minimum absolute atomic E-state index is 0.339. The van der Waals surface area contributed by atoms with Crippen molar-refractivity contribution in [3.05, 3.63) is 24.3 Å². The Morgan fingerprint density at radius 2 is 2.27 bits per heavy atom. The lowest BCUT2D eigenvalue weighted by molar-refractivity contribution is 0.181. The van der Waals surface area contributed by atoms with E-state index in [-0.39, 0.29) is 6.09 Å². The number of aromatic amines is 1. The SMILES string of the molecule is O=C1OCCN1c1nc2ccccc2[nH]1. The summed E-state index contributed by atoms with van der Waals surface area (Å²) in [6.45, 7) is 0.981. The molecule has 1 N–H and O–H groups in total. The maximum atomic E-state index is 11.3. The monoisotopic (exact) mass is 203 g/mol. The van der Waals surface area contributed by atoms with Gasteiger partial charge in [0.1, 0.15) is 6.61 Å². The first-order valence-electron chi connectivity index (χ1n) is 4.73. The van der Waals surface area contributed by atoms with E-state index in [1.165, 1.54) is 4.90 Å². The highest BCUT2D eigenvalue weighted by molar-refractivity contribution is 5.89. The molecule has 1 amide bonds. The predicted octanol–water partition coefficient (Wildman–Crippen LogP) is 1.52. The lowest BCUT2D eigenvalue weighted by atomic mass is 10.3. The molecule has 76 valence electrons. The van der Waals surface area contributed by atoms with Gasteiger partial charge >= 0.3 is 6.09 Å². The van der Waals surface area contributed by atoms with Crippen LogP contribution < -0.4 is 4.90 Å². The quantitative estimate of drug-likeness (QED) is 0.764. The van der Waals surface area contributed by atoms with Gasteiger partial charge in [-0.1, -0.05) is 12.1 Å². The van der Waals surface area contributed by atoms with E-state index in [1.807, 2.05) is 24.3 Å². The molecule has 0 atom stereocenters. The first-order valence-corrected chi connectivity index (χ1v) is 4.73. The fourth-order valence-corrected chi connectivity index (χ4v) is 1.65. The van der Waals surface area contributed by atoms with Crippen LogP contribution in [0.4, 0.5) is 10.7 Å². The number of ether oxygens (including phenoxy) is 1. The standard InChI is InChI=1S/C10H9N3O2/c14-10-13(5-6-15-10)9-11-7-3-1-2-4-8(7)12-9/h1-4H,5-6H2,(H,11,12). The van der Waals surface area contributed by atoms with E-state index in [9.17, 15) is 4.79 Å². The van der Waals surface area contributed by atoms with Gasteiger partial charge in [0.25, 0.3) is 0 Å². The summed E-state index contributed by atoms with van der Waals surface area (Å²) in [5.41, 5.74) is 1.78. The fraction of sp³-hybridized carbons (Fsp3) is 0.200. The van der Waals surface area contributed by atoms with Gasteiger partial charge in [0.15, 0.2) is 0 Å². The average Bonchev–Trinajstić information content (AvgIpc) is 2.82. The highest BCUT2D eigenvalue weighted by Gasteiger charge is 2.25. The number of amides is 1. The number of fused-ring (bicyclic) bond motifs is 1. The first-order chi connectivity index (χ1) is 7.34. The molecule has 15 heavy (non-hydrogen) atoms. The Kier molecular flexibility index (Phi) is 1.65. The number of aromatic nitrogens is 2. The number of nitrogens with one attached hydrogen (secondary N) is 1. The van der Waals surface area contributed by atoms with Crippen LogP contribution in [0.25, 0.3) is 11.0 Å². The second kappa shape index (κ2) is 2.98. The smallest absolute Gasteiger partial charge is 0.416 e. The van der Waals surface area contributed by atoms with Gasteiger partial charge in [-0.2, -0.15) is 0 Å². The number of carbonyl (C=O) groups is 1. The predicted molar refractivity (Wildman–Crippen MR) is 54.8 cm³/mol. The second-order valence-electron chi connectivity index (χ2n) is 3.34. The maximum Gasteiger partial charge on any atom is 0.416 e. The zero-order chi connectivity index (χ0) is 10.3. The van der Waals surface area contributed by atoms with Crippen LogP contribution in [-0.4, -0.2) is 29.2 Å². The van der Waals surface area contributed by atoms with Crippen molar-refractivity contribution >= 4 is 23.1 Å². The minimum Gasteiger partial charge on any atom is -0.447 e. The number of cyclic esters (lactones) is 1. The highest BCUT2D eigenvalue weighted by atomic mass is 16.6. The molecule has 5 heteroatoms. The van der Waals surface area contributed by atoms with E-state index < -0.39 is 0 Å². The molecule has 0 spiro atoms. The van der Waals surface area contributed by atoms with Crippen molar-refractivity contribution in [2.75, 3.05) is 18.1 Å². The van der Waals surface area contributed by atoms with E-state index in [0.29, 0.717) is 19.1 Å². The van der Waals surface area contributed by atoms with Crippen molar-refractivity contribution in [1.82, 2.24) is 9.97 Å². The fourth-order valence-electron chi connectivity index (χ4n) is 1.65. The number of para-hydroxylation sites is 2. The summed E-state index contributed by atoms with van der Waals surface area (Å²) >= 11 is 0. The summed E-state index contributed by atoms with van der Waals surface area (Å²) in [5.74, 6) is 0.554. The van der Waals surface area contributed by atoms with E-state index in [0.717, 1.165) is 11.0 Å². The van der Waals surface area contributed by atoms with Crippen molar-refractivity contribution in [2.24, 2.45) is 0 Å². The molecule has 1 aliphatic rings. The van der Waals surface area contributed by atoms with Crippen LogP contribution in [0.2, 0.25) is 0 Å². The lowest BCUT2D eigenvalue weighted by Gasteiger charge is -2.06. The number of hydrogen-bond acceptors (Lipinski definition) is 3. The zero-order valence-electron chi connectivity index (χ0n) is 7.93. The van der Waals surface area contributed by atoms with E-state index in [4.69, 9.17) is 4.74 Å². The molecule has 0 radical (unpaired) electrons. The number of hydrogen-bond donors (Lipinski definition) is 1. The Labute approximate surface area is 85.7 Å². The highest BCUT2D eigenvalue weighted by Crippen LogP contribution is 2.19. The molecule has 1 fully saturated rings. The van der Waals surface area contributed by atoms with Gasteiger partial charge in [-0.25, -0.2) is 14.7 Å². The summed E-state index contributed by atoms with van der Waals surface area (Å²) < 4.78 is 4.84. The van der Waals surface area contributed by atoms with Crippen LogP contribution in [0, 0.1) is 0 Å². The molecule has 0 bridgehead atoms. The van der Waals surface area contributed by atoms with E-state index in [1.54, 1.807) is 0 Å². The number of carbonyl (C=O) groups excluding carboxylic acids is 1. The minimum atomic E-state index is -0.339. The molecule has 5 nitrogen and oxygen atoms in total. The normalized spacial score (nSPS) is 16.0. The van der Waals surface area contributed by atoms with E-state index in [2.05, 4.69) is 9.97 Å². The zero-order valence-corrected chi connectivity index (χ0v) is 7.93. The van der Waals surface area contributed by atoms with Gasteiger partial charge in [-0.3, -0.25) is 0 Å². The van der Waals surface area contributed by atoms with E-state index >= 15 is 0 Å². The summed E-state index contributed by atoms with van der Waals surface area (Å²) in [6, 6.07) is 7.66. The van der Waals surface area contributed by atoms with Gasteiger partial charge in [0, 0.05) is 0 Å². The number of imidazole rings is 1. The Hall–Kier alpha value is -2.04. The third-order valence-corrected chi connectivity index (χ3v) is 2.39. The third-order valence-electron chi connectivity index (χ3n) is 2.39. The summed E-state index contributed by atoms with van der Waals surface area (Å²) in [4.78, 5) is 20.2. The lowest BCUT2D eigenvalue weighted by Crippen LogP contribution is -2.24. The first kappa shape index (κ1) is 8.28.